The normalized spacial score (nSPS) is 19.7. The zero-order valence-corrected chi connectivity index (χ0v) is 15.2. The third-order valence-electron chi connectivity index (χ3n) is 4.95. The minimum atomic E-state index is -1.20. The van der Waals surface area contributed by atoms with Crippen molar-refractivity contribution in [1.82, 2.24) is 14.9 Å². The summed E-state index contributed by atoms with van der Waals surface area (Å²) in [5.74, 6) is -1.48. The predicted octanol–water partition coefficient (Wildman–Crippen LogP) is 1.60. The minimum Gasteiger partial charge on any atom is -0.475 e. The number of aromatic amines is 1. The maximum atomic E-state index is 11.8. The number of nitrogens with one attached hydrogen (secondary N) is 1. The summed E-state index contributed by atoms with van der Waals surface area (Å²) >= 11 is 1.44. The molecule has 1 atom stereocenters. The fourth-order valence-electron chi connectivity index (χ4n) is 3.68. The molecule has 1 saturated heterocycles. The molecular formula is C17H24N4O3S. The molecule has 0 radical (unpaired) electrons. The van der Waals surface area contributed by atoms with Gasteiger partial charge in [-0.1, -0.05) is 6.92 Å². The van der Waals surface area contributed by atoms with E-state index in [1.807, 2.05) is 0 Å². The standard InChI is InChI=1S/C10H8N2O3S.C7H16N2/c13-8-6-4-2-1-3-5(4)16-9(6)12-7(11-8)10(14)15;1-2-9-5-3-4-7(9)6-8/h1-3H2,(H,14,15)(H,11,12,13);7H,2-6,8H2,1H3. The van der Waals surface area contributed by atoms with E-state index in [4.69, 9.17) is 10.8 Å². The average molecular weight is 364 g/mol. The van der Waals surface area contributed by atoms with Gasteiger partial charge in [-0.3, -0.25) is 9.69 Å². The molecule has 2 aliphatic rings. The highest BCUT2D eigenvalue weighted by Crippen LogP contribution is 2.34. The van der Waals surface area contributed by atoms with Gasteiger partial charge in [-0.05, 0) is 50.8 Å². The summed E-state index contributed by atoms with van der Waals surface area (Å²) in [5, 5.41) is 9.37. The largest absolute Gasteiger partial charge is 0.475 e. The van der Waals surface area contributed by atoms with E-state index in [2.05, 4.69) is 21.8 Å². The van der Waals surface area contributed by atoms with Gasteiger partial charge >= 0.3 is 5.97 Å². The summed E-state index contributed by atoms with van der Waals surface area (Å²) in [6.45, 7) is 5.47. The maximum Gasteiger partial charge on any atom is 0.372 e. The first-order valence-corrected chi connectivity index (χ1v) is 9.58. The van der Waals surface area contributed by atoms with Gasteiger partial charge in [-0.2, -0.15) is 0 Å². The number of nitrogens with two attached hydrogens (primary N) is 1. The Morgan fingerprint density at radius 1 is 1.44 bits per heavy atom. The third kappa shape index (κ3) is 3.61. The van der Waals surface area contributed by atoms with Gasteiger partial charge in [0.2, 0.25) is 5.82 Å². The number of aryl methyl sites for hydroxylation is 2. The number of carbonyl (C=O) groups is 1. The lowest BCUT2D eigenvalue weighted by Crippen LogP contribution is -2.34. The Hall–Kier alpha value is -1.77. The molecule has 8 heteroatoms. The van der Waals surface area contributed by atoms with Crippen molar-refractivity contribution < 1.29 is 9.90 Å². The lowest BCUT2D eigenvalue weighted by atomic mass is 10.2. The molecule has 1 aliphatic heterocycles. The van der Waals surface area contributed by atoms with Crippen LogP contribution in [0.2, 0.25) is 0 Å². The van der Waals surface area contributed by atoms with Crippen LogP contribution in [0.3, 0.4) is 0 Å². The molecule has 0 amide bonds. The van der Waals surface area contributed by atoms with Crippen molar-refractivity contribution in [2.75, 3.05) is 19.6 Å². The fourth-order valence-corrected chi connectivity index (χ4v) is 4.94. The summed E-state index contributed by atoms with van der Waals surface area (Å²) in [6.07, 6.45) is 5.59. The number of rotatable bonds is 3. The molecule has 1 unspecified atom stereocenters. The van der Waals surface area contributed by atoms with Gasteiger partial charge in [0.05, 0.1) is 5.39 Å². The maximum absolute atomic E-state index is 11.8. The van der Waals surface area contributed by atoms with Crippen LogP contribution in [0, 0.1) is 0 Å². The van der Waals surface area contributed by atoms with Crippen LogP contribution in [0.15, 0.2) is 4.79 Å². The summed E-state index contributed by atoms with van der Waals surface area (Å²) in [4.78, 5) is 33.0. The molecule has 25 heavy (non-hydrogen) atoms. The number of likely N-dealkylation sites (tertiary alicyclic amines) is 1. The predicted molar refractivity (Wildman–Crippen MR) is 98.5 cm³/mol. The first-order chi connectivity index (χ1) is 12.0. The molecule has 1 aliphatic carbocycles. The minimum absolute atomic E-state index is 0.280. The smallest absolute Gasteiger partial charge is 0.372 e. The molecule has 3 heterocycles. The Morgan fingerprint density at radius 2 is 2.24 bits per heavy atom. The molecule has 1 fully saturated rings. The lowest BCUT2D eigenvalue weighted by molar-refractivity contribution is 0.0683. The van der Waals surface area contributed by atoms with Gasteiger partial charge in [0.1, 0.15) is 4.83 Å². The van der Waals surface area contributed by atoms with E-state index in [0.717, 1.165) is 31.4 Å². The van der Waals surface area contributed by atoms with Crippen molar-refractivity contribution in [3.8, 4) is 0 Å². The Balaban J connectivity index is 0.000000173. The van der Waals surface area contributed by atoms with Crippen molar-refractivity contribution in [1.29, 1.82) is 0 Å². The van der Waals surface area contributed by atoms with Gasteiger partial charge in [0.25, 0.3) is 5.56 Å². The van der Waals surface area contributed by atoms with Gasteiger partial charge in [0, 0.05) is 17.5 Å². The number of fused-ring (bicyclic) bond motifs is 3. The number of carboxylic acid groups (broad SMARTS) is 1. The Bertz CT molecular complexity index is 819. The molecule has 4 rings (SSSR count). The zero-order valence-electron chi connectivity index (χ0n) is 14.4. The fraction of sp³-hybridized carbons (Fsp3) is 0.588. The van der Waals surface area contributed by atoms with Crippen LogP contribution in [0.25, 0.3) is 10.2 Å². The average Bonchev–Trinajstić information content (AvgIpc) is 3.29. The number of likely N-dealkylation sites (N-methyl/N-ethyl adjacent to an activating group) is 1. The van der Waals surface area contributed by atoms with Crippen molar-refractivity contribution >= 4 is 27.5 Å². The molecule has 0 spiro atoms. The highest BCUT2D eigenvalue weighted by Gasteiger charge is 2.22. The van der Waals surface area contributed by atoms with Crippen molar-refractivity contribution in [2.45, 2.75) is 45.1 Å². The van der Waals surface area contributed by atoms with Crippen LogP contribution in [0.5, 0.6) is 0 Å². The van der Waals surface area contributed by atoms with Crippen molar-refractivity contribution in [3.05, 3.63) is 26.6 Å². The Labute approximate surface area is 149 Å². The number of nitrogens with zero attached hydrogens (tertiary/aromatic N) is 2. The van der Waals surface area contributed by atoms with Gasteiger partial charge in [-0.25, -0.2) is 9.78 Å². The molecule has 7 nitrogen and oxygen atoms in total. The van der Waals surface area contributed by atoms with E-state index < -0.39 is 5.97 Å². The second-order valence-corrected chi connectivity index (χ2v) is 7.50. The van der Waals surface area contributed by atoms with Gasteiger partial charge in [0.15, 0.2) is 0 Å². The summed E-state index contributed by atoms with van der Waals surface area (Å²) < 4.78 is 0. The van der Waals surface area contributed by atoms with Gasteiger partial charge < -0.3 is 15.8 Å². The second-order valence-electron chi connectivity index (χ2n) is 6.42. The summed E-state index contributed by atoms with van der Waals surface area (Å²) in [7, 11) is 0. The van der Waals surface area contributed by atoms with E-state index in [1.54, 1.807) is 0 Å². The van der Waals surface area contributed by atoms with Crippen LogP contribution in [0.1, 0.15) is 47.2 Å². The number of aromatic nitrogens is 2. The number of hydrogen-bond acceptors (Lipinski definition) is 6. The zero-order chi connectivity index (χ0) is 18.0. The van der Waals surface area contributed by atoms with Crippen LogP contribution in [-0.2, 0) is 12.8 Å². The van der Waals surface area contributed by atoms with E-state index in [0.29, 0.717) is 16.3 Å². The number of aromatic carboxylic acids is 1. The Kier molecular flexibility index (Phi) is 5.51. The van der Waals surface area contributed by atoms with E-state index in [-0.39, 0.29) is 11.4 Å². The van der Waals surface area contributed by atoms with Crippen LogP contribution in [0.4, 0.5) is 0 Å². The molecule has 0 saturated carbocycles. The van der Waals surface area contributed by atoms with E-state index in [9.17, 15) is 9.59 Å². The van der Waals surface area contributed by atoms with E-state index in [1.165, 1.54) is 42.1 Å². The lowest BCUT2D eigenvalue weighted by Gasteiger charge is -2.20. The first-order valence-electron chi connectivity index (χ1n) is 8.77. The number of thiophene rings is 1. The Morgan fingerprint density at radius 3 is 2.88 bits per heavy atom. The summed E-state index contributed by atoms with van der Waals surface area (Å²) in [6, 6.07) is 0.690. The SMILES string of the molecule is CCN1CCCC1CN.O=C(O)c1nc2sc3c(c2c(=O)[nH]1)CCC3. The van der Waals surface area contributed by atoms with Crippen molar-refractivity contribution in [2.24, 2.45) is 5.73 Å². The topological polar surface area (TPSA) is 112 Å². The monoisotopic (exact) mass is 364 g/mol. The molecule has 2 aromatic heterocycles. The van der Waals surface area contributed by atoms with Crippen LogP contribution in [-0.4, -0.2) is 51.6 Å². The second kappa shape index (κ2) is 7.63. The quantitative estimate of drug-likeness (QED) is 0.763. The number of H-pyrrole nitrogens is 1. The molecular weight excluding hydrogens is 340 g/mol. The molecule has 0 aromatic carbocycles. The van der Waals surface area contributed by atoms with Crippen LogP contribution >= 0.6 is 11.3 Å². The van der Waals surface area contributed by atoms with E-state index >= 15 is 0 Å². The first kappa shape index (κ1) is 18.0. The number of carboxylic acids is 1. The van der Waals surface area contributed by atoms with Crippen LogP contribution < -0.4 is 11.3 Å². The number of hydrogen-bond donors (Lipinski definition) is 3. The highest BCUT2D eigenvalue weighted by atomic mass is 32.1. The highest BCUT2D eigenvalue weighted by molar-refractivity contribution is 7.18. The van der Waals surface area contributed by atoms with Gasteiger partial charge in [-0.15, -0.1) is 11.3 Å². The molecule has 136 valence electrons. The summed E-state index contributed by atoms with van der Waals surface area (Å²) in [5.41, 5.74) is 6.29. The third-order valence-corrected chi connectivity index (χ3v) is 6.14. The molecule has 0 bridgehead atoms. The molecule has 4 N–H and O–H groups in total. The molecule has 2 aromatic rings. The van der Waals surface area contributed by atoms with Crippen molar-refractivity contribution in [3.63, 3.8) is 0 Å².